The van der Waals surface area contributed by atoms with Crippen molar-refractivity contribution in [2.75, 3.05) is 13.2 Å². The molecule has 132 valence electrons. The van der Waals surface area contributed by atoms with Crippen LogP contribution < -0.4 is 4.74 Å². The first-order chi connectivity index (χ1) is 12.2. The molecule has 1 fully saturated rings. The topological polar surface area (TPSA) is 62.7 Å². The van der Waals surface area contributed by atoms with E-state index in [0.717, 1.165) is 30.0 Å². The number of carboxylic acids is 1. The molecule has 1 aromatic carbocycles. The Hall–Kier alpha value is -2.40. The molecule has 0 spiro atoms. The van der Waals surface area contributed by atoms with Crippen LogP contribution in [0.1, 0.15) is 37.1 Å². The summed E-state index contributed by atoms with van der Waals surface area (Å²) < 4.78 is 5.52. The molecule has 25 heavy (non-hydrogen) atoms. The number of likely N-dealkylation sites (tertiary alicyclic amines) is 1. The average molecular weight is 340 g/mol. The van der Waals surface area contributed by atoms with Gasteiger partial charge in [-0.25, -0.2) is 0 Å². The molecule has 1 aliphatic heterocycles. The second kappa shape index (κ2) is 8.12. The minimum Gasteiger partial charge on any atom is -0.494 e. The summed E-state index contributed by atoms with van der Waals surface area (Å²) in [6.45, 7) is 3.38. The molecule has 3 rings (SSSR count). The summed E-state index contributed by atoms with van der Waals surface area (Å²) >= 11 is 0. The predicted octanol–water partition coefficient (Wildman–Crippen LogP) is 3.31. The lowest BCUT2D eigenvalue weighted by Gasteiger charge is -2.31. The van der Waals surface area contributed by atoms with Gasteiger partial charge in [-0.3, -0.25) is 14.7 Å². The van der Waals surface area contributed by atoms with Gasteiger partial charge in [0.25, 0.3) is 0 Å². The number of aromatic nitrogens is 1. The van der Waals surface area contributed by atoms with Crippen molar-refractivity contribution >= 4 is 5.97 Å². The van der Waals surface area contributed by atoms with Gasteiger partial charge in [-0.2, -0.15) is 0 Å². The number of carboxylic acid groups (broad SMARTS) is 1. The molecule has 1 aliphatic rings. The van der Waals surface area contributed by atoms with Crippen LogP contribution in [-0.2, 0) is 11.2 Å². The van der Waals surface area contributed by atoms with Gasteiger partial charge in [-0.15, -0.1) is 0 Å². The molecule has 0 amide bonds. The molecular formula is C20H24N2O3. The van der Waals surface area contributed by atoms with Crippen molar-refractivity contribution in [2.45, 2.75) is 38.3 Å². The van der Waals surface area contributed by atoms with Gasteiger partial charge in [0.2, 0.25) is 0 Å². The predicted molar refractivity (Wildman–Crippen MR) is 95.7 cm³/mol. The first-order valence-corrected chi connectivity index (χ1v) is 8.80. The van der Waals surface area contributed by atoms with E-state index < -0.39 is 12.0 Å². The summed E-state index contributed by atoms with van der Waals surface area (Å²) in [5.74, 6) is 0.0912. The Morgan fingerprint density at radius 3 is 2.76 bits per heavy atom. The third kappa shape index (κ3) is 4.17. The van der Waals surface area contributed by atoms with E-state index in [2.05, 4.69) is 9.88 Å². The molecule has 5 nitrogen and oxygen atoms in total. The van der Waals surface area contributed by atoms with Gasteiger partial charge in [0.05, 0.1) is 6.61 Å². The Labute approximate surface area is 148 Å². The van der Waals surface area contributed by atoms with Gasteiger partial charge in [-0.05, 0) is 56.1 Å². The molecule has 2 heterocycles. The highest BCUT2D eigenvalue weighted by Crippen LogP contribution is 2.32. The van der Waals surface area contributed by atoms with Crippen LogP contribution >= 0.6 is 0 Å². The van der Waals surface area contributed by atoms with Crippen LogP contribution in [0.5, 0.6) is 5.75 Å². The largest absolute Gasteiger partial charge is 0.494 e. The molecule has 1 aromatic heterocycles. The van der Waals surface area contributed by atoms with Gasteiger partial charge in [0, 0.05) is 24.4 Å². The average Bonchev–Trinajstić information content (AvgIpc) is 3.11. The number of nitrogens with zero attached hydrogens (tertiary/aromatic N) is 2. The zero-order valence-electron chi connectivity index (χ0n) is 14.5. The molecule has 0 saturated carbocycles. The maximum Gasteiger partial charge on any atom is 0.320 e. The van der Waals surface area contributed by atoms with Crippen molar-refractivity contribution in [3.63, 3.8) is 0 Å². The lowest BCUT2D eigenvalue weighted by molar-refractivity contribution is -0.143. The standard InChI is InChI=1S/C20H24N2O3/c1-2-25-17-10-8-15(9-11-17)19(14-16-6-3-4-12-21-16)22-13-5-7-18(22)20(23)24/h3-4,6,8-12,18-19H,2,5,7,13-14H2,1H3,(H,23,24). The smallest absolute Gasteiger partial charge is 0.320 e. The van der Waals surface area contributed by atoms with Crippen LogP contribution in [0.25, 0.3) is 0 Å². The minimum atomic E-state index is -0.741. The fourth-order valence-electron chi connectivity index (χ4n) is 3.52. The molecule has 2 aromatic rings. The highest BCUT2D eigenvalue weighted by molar-refractivity contribution is 5.74. The second-order valence-corrected chi connectivity index (χ2v) is 6.28. The van der Waals surface area contributed by atoms with E-state index in [9.17, 15) is 9.90 Å². The molecule has 0 aliphatic carbocycles. The quantitative estimate of drug-likeness (QED) is 0.838. The monoisotopic (exact) mass is 340 g/mol. The van der Waals surface area contributed by atoms with Crippen LogP contribution in [0.2, 0.25) is 0 Å². The Balaban J connectivity index is 1.89. The first kappa shape index (κ1) is 17.4. The fourth-order valence-corrected chi connectivity index (χ4v) is 3.52. The van der Waals surface area contributed by atoms with Crippen molar-refractivity contribution < 1.29 is 14.6 Å². The highest BCUT2D eigenvalue weighted by Gasteiger charge is 2.36. The number of ether oxygens (including phenoxy) is 1. The number of carbonyl (C=O) groups is 1. The van der Waals surface area contributed by atoms with E-state index in [4.69, 9.17) is 4.74 Å². The summed E-state index contributed by atoms with van der Waals surface area (Å²) in [4.78, 5) is 18.2. The van der Waals surface area contributed by atoms with Crippen LogP contribution in [0.3, 0.4) is 0 Å². The molecule has 2 unspecified atom stereocenters. The Kier molecular flexibility index (Phi) is 5.66. The number of hydrogen-bond acceptors (Lipinski definition) is 4. The van der Waals surface area contributed by atoms with Crippen LogP contribution in [0.4, 0.5) is 0 Å². The number of benzene rings is 1. The van der Waals surface area contributed by atoms with Gasteiger partial charge in [-0.1, -0.05) is 18.2 Å². The molecule has 0 radical (unpaired) electrons. The fraction of sp³-hybridized carbons (Fsp3) is 0.400. The normalized spacial score (nSPS) is 18.8. The second-order valence-electron chi connectivity index (χ2n) is 6.28. The summed E-state index contributed by atoms with van der Waals surface area (Å²) in [7, 11) is 0. The zero-order valence-corrected chi connectivity index (χ0v) is 14.5. The van der Waals surface area contributed by atoms with Crippen molar-refractivity contribution in [1.29, 1.82) is 0 Å². The third-order valence-corrected chi connectivity index (χ3v) is 4.68. The van der Waals surface area contributed by atoms with E-state index in [1.807, 2.05) is 49.4 Å². The first-order valence-electron chi connectivity index (χ1n) is 8.80. The van der Waals surface area contributed by atoms with E-state index >= 15 is 0 Å². The number of aliphatic carboxylic acids is 1. The molecule has 2 atom stereocenters. The van der Waals surface area contributed by atoms with Gasteiger partial charge in [0.1, 0.15) is 11.8 Å². The van der Waals surface area contributed by atoms with Crippen LogP contribution in [-0.4, -0.2) is 40.2 Å². The number of rotatable bonds is 7. The molecular weight excluding hydrogens is 316 g/mol. The maximum absolute atomic E-state index is 11.7. The Bertz CT molecular complexity index is 688. The highest BCUT2D eigenvalue weighted by atomic mass is 16.5. The summed E-state index contributed by atoms with van der Waals surface area (Å²) in [6.07, 6.45) is 4.08. The van der Waals surface area contributed by atoms with Crippen molar-refractivity contribution in [3.05, 3.63) is 59.9 Å². The molecule has 1 N–H and O–H groups in total. The zero-order chi connectivity index (χ0) is 17.6. The Morgan fingerprint density at radius 1 is 1.32 bits per heavy atom. The van der Waals surface area contributed by atoms with Crippen molar-refractivity contribution in [2.24, 2.45) is 0 Å². The lowest BCUT2D eigenvalue weighted by Crippen LogP contribution is -2.39. The van der Waals surface area contributed by atoms with Gasteiger partial charge in [0.15, 0.2) is 0 Å². The van der Waals surface area contributed by atoms with Gasteiger partial charge >= 0.3 is 5.97 Å². The van der Waals surface area contributed by atoms with E-state index in [1.54, 1.807) is 6.20 Å². The number of hydrogen-bond donors (Lipinski definition) is 1. The third-order valence-electron chi connectivity index (χ3n) is 4.68. The van der Waals surface area contributed by atoms with Crippen LogP contribution in [0.15, 0.2) is 48.7 Å². The van der Waals surface area contributed by atoms with E-state index in [1.165, 1.54) is 0 Å². The molecule has 0 bridgehead atoms. The maximum atomic E-state index is 11.7. The van der Waals surface area contributed by atoms with Gasteiger partial charge < -0.3 is 9.84 Å². The number of pyridine rings is 1. The Morgan fingerprint density at radius 2 is 2.12 bits per heavy atom. The lowest BCUT2D eigenvalue weighted by atomic mass is 9.98. The van der Waals surface area contributed by atoms with Crippen molar-refractivity contribution in [1.82, 2.24) is 9.88 Å². The SMILES string of the molecule is CCOc1ccc(C(Cc2ccccn2)N2CCCC2C(=O)O)cc1. The molecule has 5 heteroatoms. The van der Waals surface area contributed by atoms with E-state index in [0.29, 0.717) is 19.4 Å². The molecule has 1 saturated heterocycles. The van der Waals surface area contributed by atoms with Crippen molar-refractivity contribution in [3.8, 4) is 5.75 Å². The summed E-state index contributed by atoms with van der Waals surface area (Å²) in [5.41, 5.74) is 2.07. The summed E-state index contributed by atoms with van der Waals surface area (Å²) in [6, 6.07) is 13.4. The minimum absolute atomic E-state index is 0.00539. The summed E-state index contributed by atoms with van der Waals surface area (Å²) in [5, 5.41) is 9.58. The van der Waals surface area contributed by atoms with Crippen LogP contribution in [0, 0.1) is 0 Å². The van der Waals surface area contributed by atoms with E-state index in [-0.39, 0.29) is 6.04 Å².